The smallest absolute Gasteiger partial charge is 0.0543 e. The van der Waals surface area contributed by atoms with Gasteiger partial charge in [0.25, 0.3) is 0 Å². The summed E-state index contributed by atoms with van der Waals surface area (Å²) in [6.07, 6.45) is 9.15. The van der Waals surface area contributed by atoms with Crippen molar-refractivity contribution >= 4 is 0 Å². The van der Waals surface area contributed by atoms with Crippen LogP contribution in [0.1, 0.15) is 57.4 Å². The molecule has 0 heterocycles. The largest absolute Gasteiger partial charge is 0.393 e. The Labute approximate surface area is 106 Å². The molecule has 0 unspecified atom stereocenters. The third-order valence-electron chi connectivity index (χ3n) is 3.25. The van der Waals surface area contributed by atoms with Crippen molar-refractivity contribution < 1.29 is 5.11 Å². The summed E-state index contributed by atoms with van der Waals surface area (Å²) >= 11 is 0. The van der Waals surface area contributed by atoms with E-state index in [1.165, 1.54) is 37.7 Å². The maximum atomic E-state index is 9.87. The van der Waals surface area contributed by atoms with Crippen LogP contribution in [-0.4, -0.2) is 11.2 Å². The van der Waals surface area contributed by atoms with Crippen molar-refractivity contribution in [3.05, 3.63) is 35.9 Å². The molecule has 0 bridgehead atoms. The van der Waals surface area contributed by atoms with Crippen molar-refractivity contribution in [2.75, 3.05) is 0 Å². The minimum atomic E-state index is -0.114. The van der Waals surface area contributed by atoms with Gasteiger partial charge >= 0.3 is 0 Å². The lowest BCUT2D eigenvalue weighted by molar-refractivity contribution is 0.151. The first kappa shape index (κ1) is 14.2. The van der Waals surface area contributed by atoms with E-state index in [-0.39, 0.29) is 6.10 Å². The molecule has 0 fully saturated rings. The third kappa shape index (κ3) is 7.17. The molecule has 1 heteroatoms. The van der Waals surface area contributed by atoms with Crippen LogP contribution in [0.5, 0.6) is 0 Å². The van der Waals surface area contributed by atoms with E-state index in [1.807, 2.05) is 6.07 Å². The molecule has 0 amide bonds. The molecule has 0 aliphatic carbocycles. The van der Waals surface area contributed by atoms with Gasteiger partial charge in [0.1, 0.15) is 0 Å². The molecule has 0 radical (unpaired) electrons. The first-order chi connectivity index (χ1) is 8.33. The van der Waals surface area contributed by atoms with Crippen LogP contribution in [0.3, 0.4) is 0 Å². The molecule has 0 spiro atoms. The molecule has 17 heavy (non-hydrogen) atoms. The van der Waals surface area contributed by atoms with E-state index in [0.717, 1.165) is 19.3 Å². The second-order valence-corrected chi connectivity index (χ2v) is 4.88. The molecule has 0 aromatic heterocycles. The minimum Gasteiger partial charge on any atom is -0.393 e. The van der Waals surface area contributed by atoms with Crippen LogP contribution in [0.25, 0.3) is 0 Å². The topological polar surface area (TPSA) is 20.2 Å². The van der Waals surface area contributed by atoms with Crippen molar-refractivity contribution in [1.29, 1.82) is 0 Å². The molecular formula is C16H26O. The van der Waals surface area contributed by atoms with Crippen molar-refractivity contribution in [2.45, 2.75) is 64.4 Å². The zero-order chi connectivity index (χ0) is 12.3. The third-order valence-corrected chi connectivity index (χ3v) is 3.25. The van der Waals surface area contributed by atoms with Gasteiger partial charge in [-0.1, -0.05) is 69.4 Å². The van der Waals surface area contributed by atoms with Gasteiger partial charge in [0.05, 0.1) is 6.10 Å². The van der Waals surface area contributed by atoms with Gasteiger partial charge in [0, 0.05) is 0 Å². The number of rotatable bonds is 9. The molecule has 1 rings (SSSR count). The fraction of sp³-hybridized carbons (Fsp3) is 0.625. The van der Waals surface area contributed by atoms with Crippen LogP contribution in [0.4, 0.5) is 0 Å². The predicted octanol–water partition coefficient (Wildman–Crippen LogP) is 4.34. The predicted molar refractivity (Wildman–Crippen MR) is 74.1 cm³/mol. The van der Waals surface area contributed by atoms with Crippen LogP contribution < -0.4 is 0 Å². The van der Waals surface area contributed by atoms with Gasteiger partial charge < -0.3 is 5.11 Å². The normalized spacial score (nSPS) is 12.6. The fourth-order valence-electron chi connectivity index (χ4n) is 2.11. The Hall–Kier alpha value is -0.820. The number of aliphatic hydroxyl groups excluding tert-OH is 1. The van der Waals surface area contributed by atoms with Gasteiger partial charge in [0.2, 0.25) is 0 Å². The second-order valence-electron chi connectivity index (χ2n) is 4.88. The van der Waals surface area contributed by atoms with E-state index < -0.39 is 0 Å². The van der Waals surface area contributed by atoms with E-state index in [0.29, 0.717) is 0 Å². The second kappa shape index (κ2) is 9.23. The van der Waals surface area contributed by atoms with Crippen LogP contribution in [0, 0.1) is 0 Å². The van der Waals surface area contributed by atoms with E-state index >= 15 is 0 Å². The standard InChI is InChI=1S/C16H26O/c1-2-3-4-5-9-12-16(17)14-13-15-10-7-6-8-11-15/h6-8,10-11,16-17H,2-5,9,12-14H2,1H3/t16-/m0/s1. The Morgan fingerprint density at radius 3 is 2.35 bits per heavy atom. The van der Waals surface area contributed by atoms with Crippen molar-refractivity contribution in [2.24, 2.45) is 0 Å². The summed E-state index contributed by atoms with van der Waals surface area (Å²) in [5, 5.41) is 9.87. The molecule has 96 valence electrons. The molecular weight excluding hydrogens is 208 g/mol. The first-order valence-corrected chi connectivity index (χ1v) is 7.05. The summed E-state index contributed by atoms with van der Waals surface area (Å²) in [7, 11) is 0. The summed E-state index contributed by atoms with van der Waals surface area (Å²) in [4.78, 5) is 0. The molecule has 0 saturated carbocycles. The average Bonchev–Trinajstić information content (AvgIpc) is 2.37. The lowest BCUT2D eigenvalue weighted by Gasteiger charge is -2.10. The average molecular weight is 234 g/mol. The van der Waals surface area contributed by atoms with Gasteiger partial charge in [-0.3, -0.25) is 0 Å². The highest BCUT2D eigenvalue weighted by atomic mass is 16.3. The summed E-state index contributed by atoms with van der Waals surface area (Å²) < 4.78 is 0. The van der Waals surface area contributed by atoms with E-state index in [1.54, 1.807) is 0 Å². The van der Waals surface area contributed by atoms with Gasteiger partial charge in [0.15, 0.2) is 0 Å². The number of hydrogen-bond donors (Lipinski definition) is 1. The molecule has 0 aliphatic rings. The van der Waals surface area contributed by atoms with E-state index in [9.17, 15) is 5.11 Å². The summed E-state index contributed by atoms with van der Waals surface area (Å²) in [6, 6.07) is 10.4. The van der Waals surface area contributed by atoms with E-state index in [4.69, 9.17) is 0 Å². The molecule has 1 aromatic rings. The number of unbranched alkanes of at least 4 members (excludes halogenated alkanes) is 4. The zero-order valence-corrected chi connectivity index (χ0v) is 11.1. The summed E-state index contributed by atoms with van der Waals surface area (Å²) in [6.45, 7) is 2.23. The van der Waals surface area contributed by atoms with Crippen LogP contribution in [0.2, 0.25) is 0 Å². The lowest BCUT2D eigenvalue weighted by Crippen LogP contribution is -2.07. The van der Waals surface area contributed by atoms with Crippen LogP contribution in [-0.2, 0) is 6.42 Å². The monoisotopic (exact) mass is 234 g/mol. The Balaban J connectivity index is 2.03. The highest BCUT2D eigenvalue weighted by molar-refractivity contribution is 5.14. The Morgan fingerprint density at radius 1 is 0.941 bits per heavy atom. The maximum Gasteiger partial charge on any atom is 0.0543 e. The zero-order valence-electron chi connectivity index (χ0n) is 11.1. The molecule has 1 N–H and O–H groups in total. The van der Waals surface area contributed by atoms with Crippen LogP contribution >= 0.6 is 0 Å². The molecule has 1 atom stereocenters. The SMILES string of the molecule is CCCCCCC[C@H](O)CCc1ccccc1. The number of aliphatic hydroxyl groups is 1. The summed E-state index contributed by atoms with van der Waals surface area (Å²) in [5.41, 5.74) is 1.33. The highest BCUT2D eigenvalue weighted by Gasteiger charge is 2.04. The lowest BCUT2D eigenvalue weighted by atomic mass is 10.0. The number of aryl methyl sites for hydroxylation is 1. The maximum absolute atomic E-state index is 9.87. The summed E-state index contributed by atoms with van der Waals surface area (Å²) in [5.74, 6) is 0. The van der Waals surface area contributed by atoms with Crippen LogP contribution in [0.15, 0.2) is 30.3 Å². The van der Waals surface area contributed by atoms with Gasteiger partial charge in [-0.2, -0.15) is 0 Å². The molecule has 1 nitrogen and oxygen atoms in total. The Kier molecular flexibility index (Phi) is 7.74. The quantitative estimate of drug-likeness (QED) is 0.630. The molecule has 1 aromatic carbocycles. The Morgan fingerprint density at radius 2 is 1.65 bits per heavy atom. The number of hydrogen-bond acceptors (Lipinski definition) is 1. The molecule has 0 saturated heterocycles. The van der Waals surface area contributed by atoms with E-state index in [2.05, 4.69) is 31.2 Å². The number of benzene rings is 1. The van der Waals surface area contributed by atoms with Crippen molar-refractivity contribution in [1.82, 2.24) is 0 Å². The highest BCUT2D eigenvalue weighted by Crippen LogP contribution is 2.11. The fourth-order valence-corrected chi connectivity index (χ4v) is 2.11. The van der Waals surface area contributed by atoms with Crippen molar-refractivity contribution in [3.63, 3.8) is 0 Å². The van der Waals surface area contributed by atoms with Gasteiger partial charge in [-0.25, -0.2) is 0 Å². The molecule has 0 aliphatic heterocycles. The minimum absolute atomic E-state index is 0.114. The van der Waals surface area contributed by atoms with Gasteiger partial charge in [-0.05, 0) is 24.8 Å². The first-order valence-electron chi connectivity index (χ1n) is 7.05. The Bertz CT molecular complexity index is 268. The van der Waals surface area contributed by atoms with Crippen molar-refractivity contribution in [3.8, 4) is 0 Å². The van der Waals surface area contributed by atoms with Gasteiger partial charge in [-0.15, -0.1) is 0 Å².